The first-order valence-corrected chi connectivity index (χ1v) is 7.77. The van der Waals surface area contributed by atoms with Crippen LogP contribution in [-0.4, -0.2) is 23.4 Å². The average molecular weight is 335 g/mol. The fourth-order valence-corrected chi connectivity index (χ4v) is 3.32. The molecule has 18 heavy (non-hydrogen) atoms. The summed E-state index contributed by atoms with van der Waals surface area (Å²) >= 11 is 9.31. The standard InChI is InChI=1S/C14H18BrClFN/c15-14-9-12(17)5-4-11(14)10-18-8-2-1-3-13(18)6-7-16/h4-5,9,13H,1-3,6-8,10H2. The molecule has 1 heterocycles. The van der Waals surface area contributed by atoms with Gasteiger partial charge in [0.05, 0.1) is 0 Å². The van der Waals surface area contributed by atoms with Crippen molar-refractivity contribution in [2.45, 2.75) is 38.3 Å². The summed E-state index contributed by atoms with van der Waals surface area (Å²) in [6.07, 6.45) is 4.81. The molecule has 0 spiro atoms. The summed E-state index contributed by atoms with van der Waals surface area (Å²) in [5.74, 6) is 0.521. The third kappa shape index (κ3) is 3.69. The molecule has 1 saturated heterocycles. The van der Waals surface area contributed by atoms with Crippen molar-refractivity contribution in [1.29, 1.82) is 0 Å². The first kappa shape index (κ1) is 14.3. The lowest BCUT2D eigenvalue weighted by Gasteiger charge is -2.35. The molecule has 1 unspecified atom stereocenters. The van der Waals surface area contributed by atoms with E-state index < -0.39 is 0 Å². The lowest BCUT2D eigenvalue weighted by atomic mass is 9.99. The molecule has 1 aromatic carbocycles. The summed E-state index contributed by atoms with van der Waals surface area (Å²) < 4.78 is 13.9. The second-order valence-corrected chi connectivity index (χ2v) is 6.07. The van der Waals surface area contributed by atoms with E-state index in [0.717, 1.165) is 29.5 Å². The Hall–Kier alpha value is -0.120. The van der Waals surface area contributed by atoms with Gasteiger partial charge in [-0.25, -0.2) is 4.39 Å². The molecule has 1 atom stereocenters. The van der Waals surface area contributed by atoms with Crippen LogP contribution < -0.4 is 0 Å². The summed E-state index contributed by atoms with van der Waals surface area (Å²) in [6, 6.07) is 5.51. The smallest absolute Gasteiger partial charge is 0.124 e. The third-order valence-corrected chi connectivity index (χ3v) is 4.54. The number of hydrogen-bond donors (Lipinski definition) is 0. The Bertz CT molecular complexity index is 397. The van der Waals surface area contributed by atoms with E-state index in [1.165, 1.54) is 31.4 Å². The van der Waals surface area contributed by atoms with Crippen molar-refractivity contribution in [3.63, 3.8) is 0 Å². The zero-order chi connectivity index (χ0) is 13.0. The van der Waals surface area contributed by atoms with Crippen LogP contribution in [0.5, 0.6) is 0 Å². The van der Waals surface area contributed by atoms with Gasteiger partial charge in [-0.1, -0.05) is 28.4 Å². The quantitative estimate of drug-likeness (QED) is 0.729. The van der Waals surface area contributed by atoms with Crippen molar-refractivity contribution >= 4 is 27.5 Å². The lowest BCUT2D eigenvalue weighted by Crippen LogP contribution is -2.39. The fraction of sp³-hybridized carbons (Fsp3) is 0.571. The summed E-state index contributed by atoms with van der Waals surface area (Å²) in [6.45, 7) is 1.99. The highest BCUT2D eigenvalue weighted by atomic mass is 79.9. The summed E-state index contributed by atoms with van der Waals surface area (Å²) in [5.41, 5.74) is 1.15. The van der Waals surface area contributed by atoms with E-state index >= 15 is 0 Å². The van der Waals surface area contributed by atoms with Crippen LogP contribution in [-0.2, 0) is 6.54 Å². The molecule has 0 aliphatic carbocycles. The van der Waals surface area contributed by atoms with Gasteiger partial charge >= 0.3 is 0 Å². The van der Waals surface area contributed by atoms with E-state index in [4.69, 9.17) is 11.6 Å². The maximum Gasteiger partial charge on any atom is 0.124 e. The van der Waals surface area contributed by atoms with Gasteiger partial charge in [-0.15, -0.1) is 11.6 Å². The van der Waals surface area contributed by atoms with Crippen LogP contribution in [0, 0.1) is 5.82 Å². The van der Waals surface area contributed by atoms with Crippen molar-refractivity contribution in [3.8, 4) is 0 Å². The molecule has 1 nitrogen and oxygen atoms in total. The van der Waals surface area contributed by atoms with Gasteiger partial charge in [-0.05, 0) is 43.5 Å². The van der Waals surface area contributed by atoms with Crippen molar-refractivity contribution < 1.29 is 4.39 Å². The molecule has 1 aliphatic rings. The molecule has 4 heteroatoms. The SMILES string of the molecule is Fc1ccc(CN2CCCCC2CCCl)c(Br)c1. The molecule has 0 aromatic heterocycles. The normalized spacial score (nSPS) is 21.2. The zero-order valence-corrected chi connectivity index (χ0v) is 12.7. The predicted octanol–water partition coefficient (Wildman–Crippen LogP) is 4.57. The maximum absolute atomic E-state index is 13.1. The van der Waals surface area contributed by atoms with E-state index in [1.54, 1.807) is 0 Å². The van der Waals surface area contributed by atoms with E-state index in [9.17, 15) is 4.39 Å². The number of likely N-dealkylation sites (tertiary alicyclic amines) is 1. The van der Waals surface area contributed by atoms with Crippen LogP contribution in [0.4, 0.5) is 4.39 Å². The highest BCUT2D eigenvalue weighted by molar-refractivity contribution is 9.10. The predicted molar refractivity (Wildman–Crippen MR) is 77.5 cm³/mol. The van der Waals surface area contributed by atoms with Gasteiger partial charge in [-0.3, -0.25) is 4.90 Å². The molecule has 2 rings (SSSR count). The number of piperidine rings is 1. The average Bonchev–Trinajstić information content (AvgIpc) is 2.35. The highest BCUT2D eigenvalue weighted by Gasteiger charge is 2.22. The Balaban J connectivity index is 2.06. The second-order valence-electron chi connectivity index (χ2n) is 4.83. The largest absolute Gasteiger partial charge is 0.296 e. The molecule has 0 radical (unpaired) electrons. The minimum atomic E-state index is -0.193. The number of benzene rings is 1. The van der Waals surface area contributed by atoms with Gasteiger partial charge in [0.15, 0.2) is 0 Å². The maximum atomic E-state index is 13.1. The topological polar surface area (TPSA) is 3.24 Å². The number of halogens is 3. The molecule has 1 aromatic rings. The van der Waals surface area contributed by atoms with Crippen molar-refractivity contribution in [3.05, 3.63) is 34.1 Å². The van der Waals surface area contributed by atoms with Crippen LogP contribution in [0.15, 0.2) is 22.7 Å². The number of nitrogens with zero attached hydrogens (tertiary/aromatic N) is 1. The van der Waals surface area contributed by atoms with E-state index in [0.29, 0.717) is 11.9 Å². The summed E-state index contributed by atoms with van der Waals surface area (Å²) in [5, 5.41) is 0. The Morgan fingerprint density at radius 2 is 2.22 bits per heavy atom. The molecular formula is C14H18BrClFN. The van der Waals surface area contributed by atoms with Crippen LogP contribution in [0.3, 0.4) is 0 Å². The first-order chi connectivity index (χ1) is 8.70. The van der Waals surface area contributed by atoms with Crippen LogP contribution >= 0.6 is 27.5 Å². The van der Waals surface area contributed by atoms with Crippen LogP contribution in [0.2, 0.25) is 0 Å². The van der Waals surface area contributed by atoms with Crippen molar-refractivity contribution in [1.82, 2.24) is 4.90 Å². The van der Waals surface area contributed by atoms with Gasteiger partial charge in [0.1, 0.15) is 5.82 Å². The van der Waals surface area contributed by atoms with Gasteiger partial charge in [0, 0.05) is 22.9 Å². The monoisotopic (exact) mass is 333 g/mol. The molecule has 0 amide bonds. The van der Waals surface area contributed by atoms with Crippen molar-refractivity contribution in [2.24, 2.45) is 0 Å². The highest BCUT2D eigenvalue weighted by Crippen LogP contribution is 2.25. The van der Waals surface area contributed by atoms with Crippen molar-refractivity contribution in [2.75, 3.05) is 12.4 Å². The Morgan fingerprint density at radius 3 is 2.94 bits per heavy atom. The van der Waals surface area contributed by atoms with Gasteiger partial charge < -0.3 is 0 Å². The van der Waals surface area contributed by atoms with Crippen LogP contribution in [0.1, 0.15) is 31.2 Å². The van der Waals surface area contributed by atoms with Gasteiger partial charge in [-0.2, -0.15) is 0 Å². The first-order valence-electron chi connectivity index (χ1n) is 6.44. The fourth-order valence-electron chi connectivity index (χ4n) is 2.59. The molecule has 100 valence electrons. The minimum Gasteiger partial charge on any atom is -0.296 e. The third-order valence-electron chi connectivity index (χ3n) is 3.58. The van der Waals surface area contributed by atoms with Crippen LogP contribution in [0.25, 0.3) is 0 Å². The number of rotatable bonds is 4. The van der Waals surface area contributed by atoms with Gasteiger partial charge in [0.25, 0.3) is 0 Å². The molecule has 1 aliphatic heterocycles. The lowest BCUT2D eigenvalue weighted by molar-refractivity contribution is 0.136. The Kier molecular flexibility index (Phi) is 5.46. The number of alkyl halides is 1. The number of hydrogen-bond acceptors (Lipinski definition) is 1. The summed E-state index contributed by atoms with van der Waals surface area (Å²) in [4.78, 5) is 2.48. The van der Waals surface area contributed by atoms with Gasteiger partial charge in [0.2, 0.25) is 0 Å². The zero-order valence-electron chi connectivity index (χ0n) is 10.3. The Labute approximate surface area is 121 Å². The molecular weight excluding hydrogens is 317 g/mol. The second kappa shape index (κ2) is 6.88. The molecule has 0 saturated carbocycles. The Morgan fingerprint density at radius 1 is 1.39 bits per heavy atom. The van der Waals surface area contributed by atoms with E-state index in [1.807, 2.05) is 6.07 Å². The van der Waals surface area contributed by atoms with E-state index in [2.05, 4.69) is 20.8 Å². The molecule has 0 bridgehead atoms. The molecule has 0 N–H and O–H groups in total. The summed E-state index contributed by atoms with van der Waals surface area (Å²) in [7, 11) is 0. The van der Waals surface area contributed by atoms with E-state index in [-0.39, 0.29) is 5.82 Å². The molecule has 1 fully saturated rings. The minimum absolute atomic E-state index is 0.193.